The Morgan fingerprint density at radius 1 is 0.917 bits per heavy atom. The molecule has 2 aromatic carbocycles. The summed E-state index contributed by atoms with van der Waals surface area (Å²) in [6.07, 6.45) is 1.59. The van der Waals surface area contributed by atoms with E-state index in [0.29, 0.717) is 47.7 Å². The molecule has 0 bridgehead atoms. The normalized spacial score (nSPS) is 12.5. The third-order valence-corrected chi connectivity index (χ3v) is 3.72. The summed E-state index contributed by atoms with van der Waals surface area (Å²) < 4.78 is 0. The van der Waals surface area contributed by atoms with Gasteiger partial charge in [0.2, 0.25) is 0 Å². The molecule has 0 amide bonds. The molecule has 0 heterocycles. The number of fused-ring (bicyclic) bond motifs is 2. The molecule has 0 fully saturated rings. The van der Waals surface area contributed by atoms with Crippen molar-refractivity contribution in [2.75, 3.05) is 25.1 Å². The molecule has 3 rings (SSSR count). The number of ketones is 2. The number of rotatable bonds is 7. The first-order chi connectivity index (χ1) is 11.7. The van der Waals surface area contributed by atoms with Crippen molar-refractivity contribution in [3.8, 4) is 0 Å². The molecule has 0 atom stereocenters. The average molecular weight is 323 g/mol. The van der Waals surface area contributed by atoms with E-state index in [1.165, 1.54) is 0 Å². The van der Waals surface area contributed by atoms with E-state index in [9.17, 15) is 9.59 Å². The van der Waals surface area contributed by atoms with Crippen LogP contribution in [0.1, 0.15) is 31.8 Å². The molecule has 0 unspecified atom stereocenters. The molecule has 5 heteroatoms. The Morgan fingerprint density at radius 3 is 2.38 bits per heavy atom. The monoisotopic (exact) mass is 323 g/mol. The van der Waals surface area contributed by atoms with Crippen molar-refractivity contribution < 1.29 is 19.4 Å². The average Bonchev–Trinajstić information content (AvgIpc) is 2.62. The second-order valence-corrected chi connectivity index (χ2v) is 5.25. The lowest BCUT2D eigenvalue weighted by Crippen LogP contribution is -2.23. The van der Waals surface area contributed by atoms with E-state index in [4.69, 9.17) is 9.78 Å². The lowest BCUT2D eigenvalue weighted by molar-refractivity contribution is -0.283. The highest BCUT2D eigenvalue weighted by atomic mass is 17.2. The number of hydrogen-bond acceptors (Lipinski definition) is 5. The van der Waals surface area contributed by atoms with Crippen LogP contribution in [0.25, 0.3) is 0 Å². The second-order valence-electron chi connectivity index (χ2n) is 5.25. The minimum Gasteiger partial charge on any atom is -0.382 e. The van der Waals surface area contributed by atoms with Gasteiger partial charge in [0.1, 0.15) is 6.61 Å². The Balaban J connectivity index is 1.81. The molecule has 0 radical (unpaired) electrons. The highest BCUT2D eigenvalue weighted by Crippen LogP contribution is 2.31. The second kappa shape index (κ2) is 7.21. The quantitative estimate of drug-likeness (QED) is 0.313. The Bertz CT molecular complexity index is 798. The Hall–Kier alpha value is -2.76. The maximum atomic E-state index is 12.8. The molecule has 0 aliphatic heterocycles. The van der Waals surface area contributed by atoms with Gasteiger partial charge in [-0.1, -0.05) is 42.5 Å². The zero-order valence-corrected chi connectivity index (χ0v) is 13.1. The fourth-order valence-corrected chi connectivity index (χ4v) is 2.67. The van der Waals surface area contributed by atoms with Crippen LogP contribution < -0.4 is 5.32 Å². The zero-order valence-electron chi connectivity index (χ0n) is 13.1. The third-order valence-electron chi connectivity index (χ3n) is 3.72. The van der Waals surface area contributed by atoms with E-state index in [1.54, 1.807) is 48.5 Å². The molecule has 1 aliphatic carbocycles. The van der Waals surface area contributed by atoms with Crippen molar-refractivity contribution >= 4 is 17.3 Å². The molecule has 1 N–H and O–H groups in total. The number of carbonyl (C=O) groups excluding carboxylic acids is 2. The van der Waals surface area contributed by atoms with Crippen LogP contribution in [0, 0.1) is 0 Å². The molecule has 2 aromatic rings. The summed E-state index contributed by atoms with van der Waals surface area (Å²) in [5.41, 5.74) is 2.34. The lowest BCUT2D eigenvalue weighted by atomic mass is 9.83. The van der Waals surface area contributed by atoms with Crippen LogP contribution in [0.15, 0.2) is 55.1 Å². The summed E-state index contributed by atoms with van der Waals surface area (Å²) in [7, 11) is 0. The minimum atomic E-state index is -0.146. The van der Waals surface area contributed by atoms with Gasteiger partial charge in [0.25, 0.3) is 0 Å². The predicted molar refractivity (Wildman–Crippen MR) is 90.3 cm³/mol. The van der Waals surface area contributed by atoms with Crippen LogP contribution in [0.4, 0.5) is 5.69 Å². The standard InChI is InChI=1S/C19H17NO4/c1-2-11-23-24-12-10-20-16-9-5-8-15-17(16)19(22)14-7-4-3-6-13(14)18(15)21/h2-9,20H,1,10-12H2. The lowest BCUT2D eigenvalue weighted by Gasteiger charge is -2.20. The summed E-state index contributed by atoms with van der Waals surface area (Å²) in [5, 5.41) is 3.13. The van der Waals surface area contributed by atoms with Crippen molar-refractivity contribution in [2.45, 2.75) is 0 Å². The Kier molecular flexibility index (Phi) is 4.84. The van der Waals surface area contributed by atoms with Gasteiger partial charge >= 0.3 is 0 Å². The third kappa shape index (κ3) is 2.99. The van der Waals surface area contributed by atoms with E-state index in [-0.39, 0.29) is 11.6 Å². The summed E-state index contributed by atoms with van der Waals surface area (Å²) in [6, 6.07) is 12.1. The molecule has 0 aromatic heterocycles. The van der Waals surface area contributed by atoms with Gasteiger partial charge in [-0.3, -0.25) is 9.59 Å². The van der Waals surface area contributed by atoms with E-state index in [0.717, 1.165) is 0 Å². The zero-order chi connectivity index (χ0) is 16.9. The molecule has 24 heavy (non-hydrogen) atoms. The van der Waals surface area contributed by atoms with E-state index >= 15 is 0 Å². The smallest absolute Gasteiger partial charge is 0.196 e. The molecular weight excluding hydrogens is 306 g/mol. The van der Waals surface area contributed by atoms with Gasteiger partial charge in [-0.25, -0.2) is 9.78 Å². The summed E-state index contributed by atoms with van der Waals surface area (Å²) >= 11 is 0. The minimum absolute atomic E-state index is 0.130. The van der Waals surface area contributed by atoms with Gasteiger partial charge in [-0.15, -0.1) is 6.58 Å². The van der Waals surface area contributed by atoms with Gasteiger partial charge in [0.15, 0.2) is 11.6 Å². The van der Waals surface area contributed by atoms with Gasteiger partial charge in [0, 0.05) is 28.9 Å². The SMILES string of the molecule is C=CCOOCCNc1cccc2c1C(=O)c1ccccc1C2=O. The number of benzene rings is 2. The van der Waals surface area contributed by atoms with E-state index < -0.39 is 0 Å². The highest BCUT2D eigenvalue weighted by Gasteiger charge is 2.31. The van der Waals surface area contributed by atoms with Gasteiger partial charge in [0.05, 0.1) is 12.2 Å². The highest BCUT2D eigenvalue weighted by molar-refractivity contribution is 6.30. The number of anilines is 1. The fraction of sp³-hybridized carbons (Fsp3) is 0.158. The number of nitrogens with one attached hydrogen (secondary N) is 1. The van der Waals surface area contributed by atoms with Crippen LogP contribution in [-0.2, 0) is 9.78 Å². The number of carbonyl (C=O) groups is 2. The number of hydrogen-bond donors (Lipinski definition) is 1. The summed E-state index contributed by atoms with van der Waals surface area (Å²) in [6.45, 7) is 4.57. The van der Waals surface area contributed by atoms with Crippen molar-refractivity contribution in [2.24, 2.45) is 0 Å². The topological polar surface area (TPSA) is 64.6 Å². The molecule has 0 saturated carbocycles. The summed E-state index contributed by atoms with van der Waals surface area (Å²) in [4.78, 5) is 35.2. The van der Waals surface area contributed by atoms with Gasteiger partial charge < -0.3 is 5.32 Å². The molecule has 0 spiro atoms. The van der Waals surface area contributed by atoms with Crippen molar-refractivity contribution in [3.05, 3.63) is 77.4 Å². The first-order valence-electron chi connectivity index (χ1n) is 7.64. The Labute approximate surface area is 139 Å². The first kappa shape index (κ1) is 16.1. The molecule has 1 aliphatic rings. The molecule has 122 valence electrons. The van der Waals surface area contributed by atoms with Gasteiger partial charge in [-0.05, 0) is 6.07 Å². The van der Waals surface area contributed by atoms with Gasteiger partial charge in [-0.2, -0.15) is 0 Å². The molecular formula is C19H17NO4. The summed E-state index contributed by atoms with van der Waals surface area (Å²) in [5.74, 6) is -0.276. The van der Waals surface area contributed by atoms with Crippen molar-refractivity contribution in [3.63, 3.8) is 0 Å². The molecule has 5 nitrogen and oxygen atoms in total. The maximum absolute atomic E-state index is 12.8. The van der Waals surface area contributed by atoms with Crippen LogP contribution in [0.3, 0.4) is 0 Å². The van der Waals surface area contributed by atoms with Crippen LogP contribution in [-0.4, -0.2) is 31.3 Å². The van der Waals surface area contributed by atoms with E-state index in [2.05, 4.69) is 11.9 Å². The van der Waals surface area contributed by atoms with Crippen molar-refractivity contribution in [1.29, 1.82) is 0 Å². The fourth-order valence-electron chi connectivity index (χ4n) is 2.67. The van der Waals surface area contributed by atoms with Crippen LogP contribution in [0.2, 0.25) is 0 Å². The maximum Gasteiger partial charge on any atom is 0.196 e. The molecule has 0 saturated heterocycles. The van der Waals surface area contributed by atoms with E-state index in [1.807, 2.05) is 0 Å². The Morgan fingerprint density at radius 2 is 1.62 bits per heavy atom. The predicted octanol–water partition coefficient (Wildman–Crippen LogP) is 3.01. The van der Waals surface area contributed by atoms with Crippen LogP contribution in [0.5, 0.6) is 0 Å². The first-order valence-corrected chi connectivity index (χ1v) is 7.64. The van der Waals surface area contributed by atoms with Crippen molar-refractivity contribution in [1.82, 2.24) is 0 Å². The van der Waals surface area contributed by atoms with Crippen LogP contribution >= 0.6 is 0 Å². The largest absolute Gasteiger partial charge is 0.382 e.